The molecule has 5 heteroatoms. The zero-order valence-electron chi connectivity index (χ0n) is 10.7. The number of hydrogen-bond acceptors (Lipinski definition) is 2. The maximum atomic E-state index is 12.2. The van der Waals surface area contributed by atoms with E-state index in [-0.39, 0.29) is 10.7 Å². The predicted octanol–water partition coefficient (Wildman–Crippen LogP) is 3.13. The van der Waals surface area contributed by atoms with Crippen molar-refractivity contribution in [2.75, 3.05) is 27.3 Å². The maximum absolute atomic E-state index is 12.2. The molecule has 0 radical (unpaired) electrons. The van der Waals surface area contributed by atoms with Gasteiger partial charge in [-0.3, -0.25) is 4.79 Å². The summed E-state index contributed by atoms with van der Waals surface area (Å²) < 4.78 is 5.02. The standard InChI is InChI=1S/C13H17BrClNO2/c1-9-4-5-10(6-12(9)15)13(17)16(2)7-11(14)8-18-3/h4-6,11H,7-8H2,1-3H3. The third-order valence-electron chi connectivity index (χ3n) is 2.58. The van der Waals surface area contributed by atoms with E-state index in [4.69, 9.17) is 16.3 Å². The molecular weight excluding hydrogens is 318 g/mol. The molecule has 0 heterocycles. The SMILES string of the molecule is COCC(Br)CN(C)C(=O)c1ccc(C)c(Cl)c1. The van der Waals surface area contributed by atoms with E-state index >= 15 is 0 Å². The second kappa shape index (κ2) is 7.12. The number of carbonyl (C=O) groups is 1. The number of nitrogens with zero attached hydrogens (tertiary/aromatic N) is 1. The third-order valence-corrected chi connectivity index (χ3v) is 3.55. The van der Waals surface area contributed by atoms with Gasteiger partial charge in [0.2, 0.25) is 0 Å². The lowest BCUT2D eigenvalue weighted by Crippen LogP contribution is -2.33. The van der Waals surface area contributed by atoms with Crippen molar-refractivity contribution in [1.29, 1.82) is 0 Å². The summed E-state index contributed by atoms with van der Waals surface area (Å²) in [7, 11) is 3.40. The van der Waals surface area contributed by atoms with Gasteiger partial charge >= 0.3 is 0 Å². The van der Waals surface area contributed by atoms with Crippen molar-refractivity contribution in [1.82, 2.24) is 4.90 Å². The Morgan fingerprint density at radius 3 is 2.78 bits per heavy atom. The van der Waals surface area contributed by atoms with E-state index in [9.17, 15) is 4.79 Å². The lowest BCUT2D eigenvalue weighted by Gasteiger charge is -2.20. The fourth-order valence-corrected chi connectivity index (χ4v) is 2.44. The molecule has 0 N–H and O–H groups in total. The monoisotopic (exact) mass is 333 g/mol. The van der Waals surface area contributed by atoms with Gasteiger partial charge in [0.05, 0.1) is 11.4 Å². The first-order valence-corrected chi connectivity index (χ1v) is 6.89. The largest absolute Gasteiger partial charge is 0.383 e. The Hall–Kier alpha value is -0.580. The van der Waals surface area contributed by atoms with Gasteiger partial charge in [-0.1, -0.05) is 33.6 Å². The first-order chi connectivity index (χ1) is 8.45. The Bertz CT molecular complexity index is 425. The summed E-state index contributed by atoms with van der Waals surface area (Å²) in [6, 6.07) is 5.35. The number of ether oxygens (including phenoxy) is 1. The zero-order valence-corrected chi connectivity index (χ0v) is 13.1. The van der Waals surface area contributed by atoms with Crippen LogP contribution in [0.1, 0.15) is 15.9 Å². The lowest BCUT2D eigenvalue weighted by molar-refractivity contribution is 0.0784. The molecule has 1 amide bonds. The number of amides is 1. The number of alkyl halides is 1. The summed E-state index contributed by atoms with van der Waals surface area (Å²) in [5.41, 5.74) is 1.57. The molecule has 1 unspecified atom stereocenters. The average molecular weight is 335 g/mol. The van der Waals surface area contributed by atoms with Crippen LogP contribution in [0.15, 0.2) is 18.2 Å². The Kier molecular flexibility index (Phi) is 6.12. The Labute approximate surface area is 121 Å². The van der Waals surface area contributed by atoms with E-state index < -0.39 is 0 Å². The van der Waals surface area contributed by atoms with Gasteiger partial charge in [0.1, 0.15) is 0 Å². The molecule has 3 nitrogen and oxygen atoms in total. The quantitative estimate of drug-likeness (QED) is 0.774. The summed E-state index contributed by atoms with van der Waals surface area (Å²) in [5, 5.41) is 0.613. The first kappa shape index (κ1) is 15.5. The molecule has 0 aliphatic carbocycles. The molecule has 0 aliphatic rings. The summed E-state index contributed by atoms with van der Waals surface area (Å²) >= 11 is 9.48. The summed E-state index contributed by atoms with van der Waals surface area (Å²) in [4.78, 5) is 13.9. The predicted molar refractivity (Wildman–Crippen MR) is 77.7 cm³/mol. The van der Waals surface area contributed by atoms with Crippen LogP contribution in [-0.2, 0) is 4.74 Å². The minimum atomic E-state index is -0.0440. The van der Waals surface area contributed by atoms with E-state index in [1.54, 1.807) is 31.2 Å². The molecule has 1 aromatic rings. The van der Waals surface area contributed by atoms with Crippen LogP contribution in [0, 0.1) is 6.92 Å². The van der Waals surface area contributed by atoms with Crippen molar-refractivity contribution in [2.45, 2.75) is 11.8 Å². The average Bonchev–Trinajstić information content (AvgIpc) is 2.32. The molecule has 0 saturated heterocycles. The second-order valence-corrected chi connectivity index (χ2v) is 5.90. The molecule has 18 heavy (non-hydrogen) atoms. The highest BCUT2D eigenvalue weighted by Gasteiger charge is 2.15. The minimum absolute atomic E-state index is 0.0440. The number of hydrogen-bond donors (Lipinski definition) is 0. The fourth-order valence-electron chi connectivity index (χ4n) is 1.56. The molecule has 0 bridgehead atoms. The molecule has 1 rings (SSSR count). The van der Waals surface area contributed by atoms with Crippen LogP contribution in [-0.4, -0.2) is 42.9 Å². The number of rotatable bonds is 5. The molecule has 1 aromatic carbocycles. The van der Waals surface area contributed by atoms with Crippen LogP contribution in [0.4, 0.5) is 0 Å². The van der Waals surface area contributed by atoms with Crippen molar-refractivity contribution in [3.05, 3.63) is 34.3 Å². The van der Waals surface area contributed by atoms with Gasteiger partial charge in [-0.05, 0) is 24.6 Å². The molecule has 1 atom stereocenters. The van der Waals surface area contributed by atoms with Crippen molar-refractivity contribution < 1.29 is 9.53 Å². The van der Waals surface area contributed by atoms with Gasteiger partial charge in [-0.2, -0.15) is 0 Å². The van der Waals surface area contributed by atoms with Crippen molar-refractivity contribution >= 4 is 33.4 Å². The van der Waals surface area contributed by atoms with E-state index in [1.807, 2.05) is 13.0 Å². The number of methoxy groups -OCH3 is 1. The summed E-state index contributed by atoms with van der Waals surface area (Å²) in [5.74, 6) is -0.0440. The van der Waals surface area contributed by atoms with Gasteiger partial charge in [0.15, 0.2) is 0 Å². The van der Waals surface area contributed by atoms with E-state index in [1.165, 1.54) is 0 Å². The van der Waals surface area contributed by atoms with Crippen LogP contribution < -0.4 is 0 Å². The van der Waals surface area contributed by atoms with E-state index in [2.05, 4.69) is 15.9 Å². The van der Waals surface area contributed by atoms with Crippen LogP contribution in [0.25, 0.3) is 0 Å². The maximum Gasteiger partial charge on any atom is 0.253 e. The van der Waals surface area contributed by atoms with Crippen LogP contribution >= 0.6 is 27.5 Å². The molecule has 100 valence electrons. The van der Waals surface area contributed by atoms with Gasteiger partial charge in [-0.25, -0.2) is 0 Å². The molecular formula is C13H17BrClNO2. The van der Waals surface area contributed by atoms with E-state index in [0.717, 1.165) is 5.56 Å². The molecule has 0 aromatic heterocycles. The highest BCUT2D eigenvalue weighted by atomic mass is 79.9. The Morgan fingerprint density at radius 1 is 1.56 bits per heavy atom. The van der Waals surface area contributed by atoms with Crippen LogP contribution in [0.5, 0.6) is 0 Å². The van der Waals surface area contributed by atoms with Crippen molar-refractivity contribution in [3.8, 4) is 0 Å². The fraction of sp³-hybridized carbons (Fsp3) is 0.462. The first-order valence-electron chi connectivity index (χ1n) is 5.60. The normalized spacial score (nSPS) is 12.3. The topological polar surface area (TPSA) is 29.5 Å². The Morgan fingerprint density at radius 2 is 2.22 bits per heavy atom. The highest BCUT2D eigenvalue weighted by Crippen LogP contribution is 2.18. The van der Waals surface area contributed by atoms with Gasteiger partial charge < -0.3 is 9.64 Å². The van der Waals surface area contributed by atoms with Gasteiger partial charge in [-0.15, -0.1) is 0 Å². The van der Waals surface area contributed by atoms with Crippen LogP contribution in [0.2, 0.25) is 5.02 Å². The van der Waals surface area contributed by atoms with Crippen molar-refractivity contribution in [3.63, 3.8) is 0 Å². The minimum Gasteiger partial charge on any atom is -0.383 e. The summed E-state index contributed by atoms with van der Waals surface area (Å²) in [6.45, 7) is 3.05. The second-order valence-electron chi connectivity index (χ2n) is 4.20. The molecule has 0 aliphatic heterocycles. The molecule has 0 spiro atoms. The number of aryl methyl sites for hydroxylation is 1. The number of benzene rings is 1. The van der Waals surface area contributed by atoms with Crippen LogP contribution in [0.3, 0.4) is 0 Å². The molecule has 0 fully saturated rings. The summed E-state index contributed by atoms with van der Waals surface area (Å²) in [6.07, 6.45) is 0. The van der Waals surface area contributed by atoms with Gasteiger partial charge in [0, 0.05) is 31.3 Å². The van der Waals surface area contributed by atoms with Gasteiger partial charge in [0.25, 0.3) is 5.91 Å². The number of carbonyl (C=O) groups excluding carboxylic acids is 1. The van der Waals surface area contributed by atoms with Crippen molar-refractivity contribution in [2.24, 2.45) is 0 Å². The molecule has 0 saturated carbocycles. The third kappa shape index (κ3) is 4.26. The smallest absolute Gasteiger partial charge is 0.253 e. The van der Waals surface area contributed by atoms with E-state index in [0.29, 0.717) is 23.7 Å². The highest BCUT2D eigenvalue weighted by molar-refractivity contribution is 9.09. The zero-order chi connectivity index (χ0) is 13.7. The lowest BCUT2D eigenvalue weighted by atomic mass is 10.1. The Balaban J connectivity index is 2.71. The number of halogens is 2.